The third-order valence-corrected chi connectivity index (χ3v) is 5.39. The van der Waals surface area contributed by atoms with Crippen LogP contribution in [0.25, 0.3) is 5.57 Å². The van der Waals surface area contributed by atoms with Crippen molar-refractivity contribution in [2.45, 2.75) is 19.3 Å². The molecule has 1 aromatic carbocycles. The average Bonchev–Trinajstić information content (AvgIpc) is 2.93. The van der Waals surface area contributed by atoms with Gasteiger partial charge in [0.1, 0.15) is 18.1 Å². The second kappa shape index (κ2) is 6.75. The highest BCUT2D eigenvalue weighted by Gasteiger charge is 2.47. The predicted molar refractivity (Wildman–Crippen MR) is 114 cm³/mol. The van der Waals surface area contributed by atoms with Crippen molar-refractivity contribution in [3.63, 3.8) is 0 Å². The van der Waals surface area contributed by atoms with Crippen LogP contribution >= 0.6 is 0 Å². The molecule has 2 aliphatic heterocycles. The molecule has 2 aromatic rings. The minimum Gasteiger partial charge on any atom is -0.619 e. The molecule has 3 heterocycles. The number of hydrogen-bond acceptors (Lipinski definition) is 6. The van der Waals surface area contributed by atoms with E-state index in [1.54, 1.807) is 0 Å². The van der Waals surface area contributed by atoms with Gasteiger partial charge in [-0.3, -0.25) is 14.4 Å². The van der Waals surface area contributed by atoms with E-state index >= 15 is 0 Å². The maximum absolute atomic E-state index is 14.1. The second-order valence-electron chi connectivity index (χ2n) is 8.13. The predicted octanol–water partition coefficient (Wildman–Crippen LogP) is 2.58. The fourth-order valence-corrected chi connectivity index (χ4v) is 3.99. The summed E-state index contributed by atoms with van der Waals surface area (Å²) in [5.41, 5.74) is 3.25. The molecule has 0 fully saturated rings. The van der Waals surface area contributed by atoms with Gasteiger partial charge in [-0.2, -0.15) is 9.97 Å². The number of rotatable bonds is 3. The number of hydroxylamine groups is 1. The maximum atomic E-state index is 14.1. The van der Waals surface area contributed by atoms with E-state index in [9.17, 15) is 10.0 Å². The number of quaternary nitrogens is 1. The summed E-state index contributed by atoms with van der Waals surface area (Å²) in [6.45, 7) is 4.96. The highest BCUT2D eigenvalue weighted by molar-refractivity contribution is 6.10. The van der Waals surface area contributed by atoms with E-state index in [1.807, 2.05) is 56.4 Å². The van der Waals surface area contributed by atoms with Gasteiger partial charge in [-0.1, -0.05) is 26.0 Å². The monoisotopic (exact) mass is 392 g/mol. The molecule has 0 radical (unpaired) electrons. The Morgan fingerprint density at radius 3 is 2.83 bits per heavy atom. The number of hydrogen-bond donors (Lipinski definition) is 1. The molecule has 1 amide bonds. The average molecular weight is 392 g/mol. The largest absolute Gasteiger partial charge is 0.619 e. The highest BCUT2D eigenvalue weighted by atomic mass is 16.6. The van der Waals surface area contributed by atoms with Crippen molar-refractivity contribution in [2.75, 3.05) is 27.3 Å². The zero-order chi connectivity index (χ0) is 20.8. The SMILES string of the molecule is CNC(=O)c1ccnc([N+]2([O-])CC(C)(C)c3ccc(C4=CN(C)CN=C4)cc32)n1. The Hall–Kier alpha value is -3.10. The van der Waals surface area contributed by atoms with E-state index in [-0.39, 0.29) is 29.5 Å². The molecule has 8 heteroatoms. The molecule has 2 aliphatic rings. The first-order chi connectivity index (χ1) is 13.7. The van der Waals surface area contributed by atoms with Crippen molar-refractivity contribution < 1.29 is 4.79 Å². The molecular weight excluding hydrogens is 368 g/mol. The maximum Gasteiger partial charge on any atom is 0.334 e. The van der Waals surface area contributed by atoms with Gasteiger partial charge in [-0.25, -0.2) is 0 Å². The number of benzene rings is 1. The van der Waals surface area contributed by atoms with Gasteiger partial charge >= 0.3 is 5.95 Å². The van der Waals surface area contributed by atoms with Gasteiger partial charge in [-0.05, 0) is 11.6 Å². The Morgan fingerprint density at radius 1 is 1.31 bits per heavy atom. The molecule has 1 N–H and O–H groups in total. The number of amides is 1. The van der Waals surface area contributed by atoms with Gasteiger partial charge in [0.2, 0.25) is 0 Å². The number of carbonyl (C=O) groups excluding carboxylic acids is 1. The van der Waals surface area contributed by atoms with Crippen LogP contribution in [-0.4, -0.2) is 54.3 Å². The van der Waals surface area contributed by atoms with Crippen LogP contribution in [0.15, 0.2) is 41.7 Å². The standard InChI is InChI=1S/C21H24N6O2/c1-21(2)12-27(29,20-24-8-7-17(25-20)19(28)22-3)18-9-14(5-6-16(18)21)15-10-23-13-26(4)11-15/h5-11H,12-13H2,1-4H3,(H,22,28). The highest BCUT2D eigenvalue weighted by Crippen LogP contribution is 2.49. The lowest BCUT2D eigenvalue weighted by Crippen LogP contribution is -2.41. The lowest BCUT2D eigenvalue weighted by Gasteiger charge is -2.36. The quantitative estimate of drug-likeness (QED) is 0.640. The first-order valence-corrected chi connectivity index (χ1v) is 9.47. The molecule has 1 atom stereocenters. The van der Waals surface area contributed by atoms with Crippen LogP contribution in [0.4, 0.5) is 11.6 Å². The summed E-state index contributed by atoms with van der Waals surface area (Å²) in [6, 6.07) is 7.44. The molecule has 0 bridgehead atoms. The molecule has 0 saturated carbocycles. The smallest absolute Gasteiger partial charge is 0.334 e. The van der Waals surface area contributed by atoms with Crippen molar-refractivity contribution in [2.24, 2.45) is 4.99 Å². The number of aliphatic imine (C=N–C) groups is 1. The van der Waals surface area contributed by atoms with Crippen LogP contribution in [-0.2, 0) is 5.41 Å². The van der Waals surface area contributed by atoms with Crippen LogP contribution in [0, 0.1) is 5.21 Å². The van der Waals surface area contributed by atoms with Crippen LogP contribution in [0.2, 0.25) is 0 Å². The number of aromatic nitrogens is 2. The van der Waals surface area contributed by atoms with Gasteiger partial charge in [0.05, 0.1) is 6.54 Å². The molecule has 4 rings (SSSR count). The molecule has 29 heavy (non-hydrogen) atoms. The lowest BCUT2D eigenvalue weighted by molar-refractivity contribution is 0.0957. The summed E-state index contributed by atoms with van der Waals surface area (Å²) in [5.74, 6) is -0.280. The van der Waals surface area contributed by atoms with Gasteiger partial charge in [0, 0.05) is 55.3 Å². The molecular formula is C21H24N6O2. The van der Waals surface area contributed by atoms with Crippen LogP contribution in [0.5, 0.6) is 0 Å². The summed E-state index contributed by atoms with van der Waals surface area (Å²) in [5, 5.41) is 16.7. The van der Waals surface area contributed by atoms with Crippen molar-refractivity contribution in [1.29, 1.82) is 0 Å². The van der Waals surface area contributed by atoms with Crippen molar-refractivity contribution in [1.82, 2.24) is 24.8 Å². The minimum absolute atomic E-state index is 0.0680. The number of carbonyl (C=O) groups is 1. The molecule has 8 nitrogen and oxygen atoms in total. The van der Waals surface area contributed by atoms with Gasteiger partial charge in [0.15, 0.2) is 0 Å². The number of allylic oxidation sites excluding steroid dienone is 1. The number of fused-ring (bicyclic) bond motifs is 1. The van der Waals surface area contributed by atoms with E-state index in [1.165, 1.54) is 19.3 Å². The van der Waals surface area contributed by atoms with Gasteiger partial charge in [-0.15, -0.1) is 0 Å². The summed E-state index contributed by atoms with van der Waals surface area (Å²) in [4.78, 5) is 26.9. The zero-order valence-electron chi connectivity index (χ0n) is 17.0. The first kappa shape index (κ1) is 19.2. The summed E-state index contributed by atoms with van der Waals surface area (Å²) >= 11 is 0. The number of nitrogens with one attached hydrogen (secondary N) is 1. The molecule has 0 spiro atoms. The topological polar surface area (TPSA) is 93.5 Å². The van der Waals surface area contributed by atoms with Crippen molar-refractivity contribution in [3.05, 3.63) is 58.7 Å². The summed E-state index contributed by atoms with van der Waals surface area (Å²) < 4.78 is -0.804. The summed E-state index contributed by atoms with van der Waals surface area (Å²) in [6.07, 6.45) is 5.30. The molecule has 1 unspecified atom stereocenters. The van der Waals surface area contributed by atoms with E-state index in [4.69, 9.17) is 0 Å². The van der Waals surface area contributed by atoms with Crippen molar-refractivity contribution in [3.8, 4) is 0 Å². The fraction of sp³-hybridized carbons (Fsp3) is 0.333. The number of nitrogens with zero attached hydrogens (tertiary/aromatic N) is 5. The van der Waals surface area contributed by atoms with Gasteiger partial charge < -0.3 is 15.4 Å². The molecule has 0 aliphatic carbocycles. The Balaban J connectivity index is 1.85. The van der Waals surface area contributed by atoms with Crippen LogP contribution in [0.3, 0.4) is 0 Å². The van der Waals surface area contributed by atoms with E-state index in [0.717, 1.165) is 16.7 Å². The Morgan fingerprint density at radius 2 is 2.10 bits per heavy atom. The van der Waals surface area contributed by atoms with Crippen LogP contribution in [0.1, 0.15) is 35.5 Å². The summed E-state index contributed by atoms with van der Waals surface area (Å²) in [7, 11) is 3.49. The fourth-order valence-electron chi connectivity index (χ4n) is 3.99. The van der Waals surface area contributed by atoms with Crippen LogP contribution < -0.4 is 9.96 Å². The van der Waals surface area contributed by atoms with E-state index < -0.39 is 4.65 Å². The lowest BCUT2D eigenvalue weighted by atomic mass is 9.86. The Bertz CT molecular complexity index is 1050. The second-order valence-corrected chi connectivity index (χ2v) is 8.13. The van der Waals surface area contributed by atoms with E-state index in [0.29, 0.717) is 12.4 Å². The third kappa shape index (κ3) is 3.20. The first-order valence-electron chi connectivity index (χ1n) is 9.47. The normalized spacial score (nSPS) is 22.2. The van der Waals surface area contributed by atoms with E-state index in [2.05, 4.69) is 20.3 Å². The Labute approximate surface area is 169 Å². The van der Waals surface area contributed by atoms with Gasteiger partial charge in [0.25, 0.3) is 5.91 Å². The minimum atomic E-state index is -0.804. The molecule has 1 aromatic heterocycles. The zero-order valence-corrected chi connectivity index (χ0v) is 17.0. The third-order valence-electron chi connectivity index (χ3n) is 5.39. The van der Waals surface area contributed by atoms with Crippen molar-refractivity contribution >= 4 is 29.3 Å². The molecule has 150 valence electrons. The Kier molecular flexibility index (Phi) is 4.48. The molecule has 0 saturated heterocycles.